The van der Waals surface area contributed by atoms with E-state index in [9.17, 15) is 5.11 Å². The van der Waals surface area contributed by atoms with Gasteiger partial charge in [0, 0.05) is 6.42 Å². The molecule has 1 heteroatoms. The Kier molecular flexibility index (Phi) is 2.19. The van der Waals surface area contributed by atoms with Gasteiger partial charge < -0.3 is 5.11 Å². The van der Waals surface area contributed by atoms with Gasteiger partial charge in [-0.2, -0.15) is 0 Å². The molecule has 0 aromatic carbocycles. The Morgan fingerprint density at radius 3 is 2.64 bits per heavy atom. The minimum atomic E-state index is -0.567. The van der Waals surface area contributed by atoms with E-state index in [1.54, 1.807) is 0 Å². The molecule has 1 aliphatic rings. The van der Waals surface area contributed by atoms with Gasteiger partial charge >= 0.3 is 0 Å². The first-order chi connectivity index (χ1) is 5.06. The monoisotopic (exact) mass is 152 g/mol. The standard InChI is InChI=1S/C10H16O/c1-4-10(11)6-8(2)5-9(3)7-10/h5-6,11H,4,7H2,1-3H3. The fourth-order valence-corrected chi connectivity index (χ4v) is 1.67. The molecule has 1 unspecified atom stereocenters. The molecule has 1 nitrogen and oxygen atoms in total. The lowest BCUT2D eigenvalue weighted by atomic mass is 9.86. The summed E-state index contributed by atoms with van der Waals surface area (Å²) in [6.45, 7) is 6.11. The van der Waals surface area contributed by atoms with Gasteiger partial charge in [-0.3, -0.25) is 0 Å². The molecular formula is C10H16O. The maximum atomic E-state index is 9.90. The summed E-state index contributed by atoms with van der Waals surface area (Å²) in [4.78, 5) is 0. The molecule has 0 fully saturated rings. The summed E-state index contributed by atoms with van der Waals surface area (Å²) in [6.07, 6.45) is 5.68. The van der Waals surface area contributed by atoms with E-state index >= 15 is 0 Å². The fraction of sp³-hybridized carbons (Fsp3) is 0.600. The van der Waals surface area contributed by atoms with Crippen molar-refractivity contribution >= 4 is 0 Å². The average Bonchev–Trinajstić information content (AvgIpc) is 1.84. The van der Waals surface area contributed by atoms with Crippen LogP contribution in [-0.4, -0.2) is 10.7 Å². The highest BCUT2D eigenvalue weighted by Crippen LogP contribution is 2.28. The Morgan fingerprint density at radius 2 is 2.18 bits per heavy atom. The maximum absolute atomic E-state index is 9.90. The van der Waals surface area contributed by atoms with Crippen LogP contribution in [0.15, 0.2) is 23.3 Å². The van der Waals surface area contributed by atoms with Crippen molar-refractivity contribution in [3.8, 4) is 0 Å². The Labute approximate surface area is 68.4 Å². The molecule has 1 N–H and O–H groups in total. The van der Waals surface area contributed by atoms with E-state index < -0.39 is 5.60 Å². The smallest absolute Gasteiger partial charge is 0.0867 e. The second-order valence-electron chi connectivity index (χ2n) is 3.51. The number of rotatable bonds is 1. The van der Waals surface area contributed by atoms with Gasteiger partial charge in [-0.25, -0.2) is 0 Å². The first-order valence-electron chi connectivity index (χ1n) is 4.15. The van der Waals surface area contributed by atoms with Crippen LogP contribution < -0.4 is 0 Å². The van der Waals surface area contributed by atoms with Crippen LogP contribution >= 0.6 is 0 Å². The Hall–Kier alpha value is -0.560. The molecule has 0 heterocycles. The molecule has 0 aliphatic heterocycles. The van der Waals surface area contributed by atoms with Crippen LogP contribution in [0.5, 0.6) is 0 Å². The predicted octanol–water partition coefficient (Wildman–Crippen LogP) is 2.42. The SMILES string of the molecule is CCC1(O)C=C(C)C=C(C)C1. The van der Waals surface area contributed by atoms with Crippen molar-refractivity contribution in [3.05, 3.63) is 23.3 Å². The summed E-state index contributed by atoms with van der Waals surface area (Å²) < 4.78 is 0. The lowest BCUT2D eigenvalue weighted by Gasteiger charge is -2.27. The van der Waals surface area contributed by atoms with Gasteiger partial charge in [0.2, 0.25) is 0 Å². The van der Waals surface area contributed by atoms with Gasteiger partial charge in [-0.15, -0.1) is 0 Å². The second kappa shape index (κ2) is 2.82. The first kappa shape index (κ1) is 8.54. The van der Waals surface area contributed by atoms with E-state index in [0.717, 1.165) is 12.8 Å². The molecule has 11 heavy (non-hydrogen) atoms. The highest BCUT2D eigenvalue weighted by atomic mass is 16.3. The van der Waals surface area contributed by atoms with Crippen molar-refractivity contribution in [3.63, 3.8) is 0 Å². The summed E-state index contributed by atoms with van der Waals surface area (Å²) in [6, 6.07) is 0. The quantitative estimate of drug-likeness (QED) is 0.611. The van der Waals surface area contributed by atoms with E-state index in [0.29, 0.717) is 0 Å². The largest absolute Gasteiger partial charge is 0.385 e. The molecule has 0 amide bonds. The molecule has 1 rings (SSSR count). The van der Waals surface area contributed by atoms with Gasteiger partial charge in [0.05, 0.1) is 5.60 Å². The molecule has 1 atom stereocenters. The lowest BCUT2D eigenvalue weighted by molar-refractivity contribution is 0.0850. The van der Waals surface area contributed by atoms with E-state index in [4.69, 9.17) is 0 Å². The average molecular weight is 152 g/mol. The molecule has 0 aromatic heterocycles. The number of hydrogen-bond acceptors (Lipinski definition) is 1. The predicted molar refractivity (Wildman–Crippen MR) is 47.4 cm³/mol. The Bertz CT molecular complexity index is 213. The number of allylic oxidation sites excluding steroid dienone is 2. The molecule has 0 saturated carbocycles. The Balaban J connectivity index is 2.86. The van der Waals surface area contributed by atoms with Crippen LogP contribution in [0.1, 0.15) is 33.6 Å². The molecule has 0 saturated heterocycles. The van der Waals surface area contributed by atoms with Crippen LogP contribution in [0, 0.1) is 0 Å². The molecule has 62 valence electrons. The fourth-order valence-electron chi connectivity index (χ4n) is 1.67. The van der Waals surface area contributed by atoms with Crippen LogP contribution in [0.4, 0.5) is 0 Å². The third kappa shape index (κ3) is 1.93. The second-order valence-corrected chi connectivity index (χ2v) is 3.51. The maximum Gasteiger partial charge on any atom is 0.0867 e. The third-order valence-corrected chi connectivity index (χ3v) is 2.17. The molecular weight excluding hydrogens is 136 g/mol. The van der Waals surface area contributed by atoms with E-state index in [1.807, 2.05) is 19.9 Å². The van der Waals surface area contributed by atoms with Crippen molar-refractivity contribution in [2.45, 2.75) is 39.2 Å². The van der Waals surface area contributed by atoms with Crippen LogP contribution in [0.25, 0.3) is 0 Å². The van der Waals surface area contributed by atoms with Crippen LogP contribution in [0.2, 0.25) is 0 Å². The Morgan fingerprint density at radius 1 is 1.55 bits per heavy atom. The topological polar surface area (TPSA) is 20.2 Å². The summed E-state index contributed by atoms with van der Waals surface area (Å²) in [7, 11) is 0. The minimum absolute atomic E-state index is 0.567. The van der Waals surface area contributed by atoms with Crippen molar-refractivity contribution in [2.24, 2.45) is 0 Å². The summed E-state index contributed by atoms with van der Waals surface area (Å²) in [5.41, 5.74) is 1.88. The minimum Gasteiger partial charge on any atom is -0.385 e. The molecule has 0 bridgehead atoms. The highest BCUT2D eigenvalue weighted by molar-refractivity contribution is 5.30. The zero-order valence-corrected chi connectivity index (χ0v) is 7.52. The molecule has 0 spiro atoms. The molecule has 1 aliphatic carbocycles. The number of hydrogen-bond donors (Lipinski definition) is 1. The highest BCUT2D eigenvalue weighted by Gasteiger charge is 2.24. The molecule has 0 radical (unpaired) electrons. The summed E-state index contributed by atoms with van der Waals surface area (Å²) >= 11 is 0. The number of aliphatic hydroxyl groups is 1. The summed E-state index contributed by atoms with van der Waals surface area (Å²) in [5.74, 6) is 0. The zero-order chi connectivity index (χ0) is 8.48. The lowest BCUT2D eigenvalue weighted by Crippen LogP contribution is -2.27. The third-order valence-electron chi connectivity index (χ3n) is 2.17. The van der Waals surface area contributed by atoms with Gasteiger partial charge in [0.1, 0.15) is 0 Å². The van der Waals surface area contributed by atoms with Crippen molar-refractivity contribution < 1.29 is 5.11 Å². The van der Waals surface area contributed by atoms with Gasteiger partial charge in [0.15, 0.2) is 0 Å². The van der Waals surface area contributed by atoms with E-state index in [-0.39, 0.29) is 0 Å². The zero-order valence-electron chi connectivity index (χ0n) is 7.52. The first-order valence-corrected chi connectivity index (χ1v) is 4.15. The van der Waals surface area contributed by atoms with E-state index in [1.165, 1.54) is 11.1 Å². The van der Waals surface area contributed by atoms with Gasteiger partial charge in [0.25, 0.3) is 0 Å². The normalized spacial score (nSPS) is 31.3. The van der Waals surface area contributed by atoms with Crippen molar-refractivity contribution in [1.29, 1.82) is 0 Å². The van der Waals surface area contributed by atoms with Crippen LogP contribution in [0.3, 0.4) is 0 Å². The van der Waals surface area contributed by atoms with Crippen LogP contribution in [-0.2, 0) is 0 Å². The summed E-state index contributed by atoms with van der Waals surface area (Å²) in [5, 5.41) is 9.90. The van der Waals surface area contributed by atoms with Crippen molar-refractivity contribution in [1.82, 2.24) is 0 Å². The van der Waals surface area contributed by atoms with Crippen molar-refractivity contribution in [2.75, 3.05) is 0 Å². The van der Waals surface area contributed by atoms with E-state index in [2.05, 4.69) is 13.0 Å². The van der Waals surface area contributed by atoms with Gasteiger partial charge in [-0.1, -0.05) is 24.1 Å². The molecule has 0 aromatic rings. The van der Waals surface area contributed by atoms with Gasteiger partial charge in [-0.05, 0) is 26.3 Å².